The molecule has 0 fully saturated rings. The molecule has 1 atom stereocenters. The lowest BCUT2D eigenvalue weighted by molar-refractivity contribution is -0.122. The van der Waals surface area contributed by atoms with Gasteiger partial charge in [0.2, 0.25) is 5.91 Å². The minimum atomic E-state index is -0.340. The zero-order chi connectivity index (χ0) is 22.1. The van der Waals surface area contributed by atoms with Gasteiger partial charge in [-0.1, -0.05) is 19.1 Å². The molecule has 7 heteroatoms. The van der Waals surface area contributed by atoms with E-state index in [-0.39, 0.29) is 55.1 Å². The second-order valence-electron chi connectivity index (χ2n) is 7.25. The number of carbonyl (C=O) groups is 4. The van der Waals surface area contributed by atoms with Crippen LogP contribution in [0.25, 0.3) is 0 Å². The van der Waals surface area contributed by atoms with Crippen molar-refractivity contribution in [1.29, 1.82) is 0 Å². The van der Waals surface area contributed by atoms with Crippen molar-refractivity contribution in [2.45, 2.75) is 58.9 Å². The van der Waals surface area contributed by atoms with Crippen molar-refractivity contribution in [2.75, 3.05) is 5.32 Å². The number of hydrogen-bond acceptors (Lipinski definition) is 5. The minimum Gasteiger partial charge on any atom is -0.350 e. The van der Waals surface area contributed by atoms with E-state index in [0.29, 0.717) is 16.1 Å². The van der Waals surface area contributed by atoms with Crippen LogP contribution in [0.4, 0.5) is 5.69 Å². The van der Waals surface area contributed by atoms with Gasteiger partial charge in [-0.05, 0) is 44.5 Å². The van der Waals surface area contributed by atoms with Crippen LogP contribution in [0.1, 0.15) is 70.9 Å². The van der Waals surface area contributed by atoms with E-state index in [0.717, 1.165) is 11.3 Å². The molecule has 0 saturated heterocycles. The van der Waals surface area contributed by atoms with Gasteiger partial charge in [-0.3, -0.25) is 19.2 Å². The molecule has 0 spiro atoms. The molecule has 160 valence electrons. The fourth-order valence-corrected chi connectivity index (χ4v) is 3.58. The highest BCUT2D eigenvalue weighted by molar-refractivity contribution is 7.14. The third kappa shape index (κ3) is 7.22. The number of Topliss-reactive ketones (excluding diaryl/α,β-unsaturated/α-hetero) is 2. The third-order valence-electron chi connectivity index (χ3n) is 4.71. The lowest BCUT2D eigenvalue weighted by atomic mass is 10.1. The number of benzene rings is 1. The van der Waals surface area contributed by atoms with E-state index >= 15 is 0 Å². The Labute approximate surface area is 181 Å². The summed E-state index contributed by atoms with van der Waals surface area (Å²) in [6, 6.07) is 10.5. The van der Waals surface area contributed by atoms with Crippen LogP contribution < -0.4 is 10.6 Å². The first kappa shape index (κ1) is 23.5. The van der Waals surface area contributed by atoms with Crippen LogP contribution >= 0.6 is 11.3 Å². The Kier molecular flexibility index (Phi) is 8.92. The zero-order valence-corrected chi connectivity index (χ0v) is 18.4. The van der Waals surface area contributed by atoms with Crippen LogP contribution in [0.5, 0.6) is 0 Å². The van der Waals surface area contributed by atoms with Crippen molar-refractivity contribution in [1.82, 2.24) is 5.32 Å². The molecule has 1 heterocycles. The van der Waals surface area contributed by atoms with Gasteiger partial charge in [-0.2, -0.15) is 0 Å². The van der Waals surface area contributed by atoms with E-state index in [1.54, 1.807) is 30.3 Å². The van der Waals surface area contributed by atoms with Gasteiger partial charge < -0.3 is 10.6 Å². The molecule has 0 aliphatic heterocycles. The Morgan fingerprint density at radius 1 is 0.967 bits per heavy atom. The van der Waals surface area contributed by atoms with E-state index in [1.165, 1.54) is 11.3 Å². The molecule has 0 radical (unpaired) electrons. The first-order valence-corrected chi connectivity index (χ1v) is 10.9. The first-order valence-electron chi connectivity index (χ1n) is 10.1. The monoisotopic (exact) mass is 428 g/mol. The standard InChI is InChI=1S/C23H28N2O4S/c1-4-15(2)24-23(29)18-7-5-6-8-19(18)25-22(28)14-11-17(26)10-12-20(27)21-13-9-16(3)30-21/h5-9,13,15H,4,10-12,14H2,1-3H3,(H,24,29)(H,25,28). The van der Waals surface area contributed by atoms with Crippen LogP contribution in [0.15, 0.2) is 36.4 Å². The van der Waals surface area contributed by atoms with E-state index in [2.05, 4.69) is 10.6 Å². The lowest BCUT2D eigenvalue weighted by Crippen LogP contribution is -2.32. The average molecular weight is 429 g/mol. The normalized spacial score (nSPS) is 11.6. The summed E-state index contributed by atoms with van der Waals surface area (Å²) in [5, 5.41) is 5.59. The number of nitrogens with one attached hydrogen (secondary N) is 2. The molecule has 0 saturated carbocycles. The number of carbonyl (C=O) groups excluding carboxylic acids is 4. The van der Waals surface area contributed by atoms with Crippen molar-refractivity contribution >= 4 is 40.4 Å². The van der Waals surface area contributed by atoms with Crippen LogP contribution in [0.2, 0.25) is 0 Å². The summed E-state index contributed by atoms with van der Waals surface area (Å²) in [5.74, 6) is -0.771. The Morgan fingerprint density at radius 3 is 2.33 bits per heavy atom. The third-order valence-corrected chi connectivity index (χ3v) is 5.75. The highest BCUT2D eigenvalue weighted by Gasteiger charge is 2.16. The van der Waals surface area contributed by atoms with Gasteiger partial charge in [0.15, 0.2) is 5.78 Å². The Hall–Kier alpha value is -2.80. The number of anilines is 1. The summed E-state index contributed by atoms with van der Waals surface area (Å²) < 4.78 is 0. The van der Waals surface area contributed by atoms with Crippen molar-refractivity contribution in [3.8, 4) is 0 Å². The van der Waals surface area contributed by atoms with E-state index < -0.39 is 0 Å². The maximum Gasteiger partial charge on any atom is 0.253 e. The number of ketones is 2. The molecule has 1 aromatic heterocycles. The highest BCUT2D eigenvalue weighted by Crippen LogP contribution is 2.18. The minimum absolute atomic E-state index is 0.00640. The zero-order valence-electron chi connectivity index (χ0n) is 17.6. The summed E-state index contributed by atoms with van der Waals surface area (Å²) >= 11 is 1.42. The Bertz CT molecular complexity index is 919. The number of hydrogen-bond donors (Lipinski definition) is 2. The average Bonchev–Trinajstić information content (AvgIpc) is 3.17. The summed E-state index contributed by atoms with van der Waals surface area (Å²) in [7, 11) is 0. The number of para-hydroxylation sites is 1. The molecular formula is C23H28N2O4S. The number of rotatable bonds is 11. The summed E-state index contributed by atoms with van der Waals surface area (Å²) in [5.41, 5.74) is 0.799. The second-order valence-corrected chi connectivity index (χ2v) is 8.54. The van der Waals surface area contributed by atoms with Crippen LogP contribution in [0, 0.1) is 6.92 Å². The van der Waals surface area contributed by atoms with Crippen molar-refractivity contribution in [2.24, 2.45) is 0 Å². The Balaban J connectivity index is 1.82. The highest BCUT2D eigenvalue weighted by atomic mass is 32.1. The van der Waals surface area contributed by atoms with Gasteiger partial charge in [0.1, 0.15) is 5.78 Å². The van der Waals surface area contributed by atoms with Crippen LogP contribution in [0.3, 0.4) is 0 Å². The van der Waals surface area contributed by atoms with E-state index in [4.69, 9.17) is 0 Å². The summed E-state index contributed by atoms with van der Waals surface area (Å²) in [6.07, 6.45) is 1.14. The molecule has 2 aromatic rings. The quantitative estimate of drug-likeness (QED) is 0.514. The fourth-order valence-electron chi connectivity index (χ4n) is 2.74. The van der Waals surface area contributed by atoms with E-state index in [9.17, 15) is 19.2 Å². The summed E-state index contributed by atoms with van der Waals surface area (Å²) in [4.78, 5) is 50.5. The molecule has 1 unspecified atom stereocenters. The molecular weight excluding hydrogens is 400 g/mol. The SMILES string of the molecule is CCC(C)NC(=O)c1ccccc1NC(=O)CCC(=O)CCC(=O)c1ccc(C)s1. The van der Waals surface area contributed by atoms with Crippen molar-refractivity contribution in [3.63, 3.8) is 0 Å². The number of aryl methyl sites for hydroxylation is 1. The van der Waals surface area contributed by atoms with E-state index in [1.807, 2.05) is 26.8 Å². The Morgan fingerprint density at radius 2 is 1.67 bits per heavy atom. The molecule has 2 amide bonds. The fraction of sp³-hybridized carbons (Fsp3) is 0.391. The van der Waals surface area contributed by atoms with Gasteiger partial charge >= 0.3 is 0 Å². The van der Waals surface area contributed by atoms with Gasteiger partial charge in [0.25, 0.3) is 5.91 Å². The molecule has 6 nitrogen and oxygen atoms in total. The summed E-state index contributed by atoms with van der Waals surface area (Å²) in [6.45, 7) is 5.82. The topological polar surface area (TPSA) is 92.3 Å². The van der Waals surface area contributed by atoms with Crippen LogP contribution in [-0.2, 0) is 9.59 Å². The van der Waals surface area contributed by atoms with Gasteiger partial charge in [-0.25, -0.2) is 0 Å². The smallest absolute Gasteiger partial charge is 0.253 e. The first-order chi connectivity index (χ1) is 14.3. The van der Waals surface area contributed by atoms with Gasteiger partial charge in [0, 0.05) is 36.6 Å². The number of amides is 2. The lowest BCUT2D eigenvalue weighted by Gasteiger charge is -2.14. The molecule has 2 N–H and O–H groups in total. The largest absolute Gasteiger partial charge is 0.350 e. The van der Waals surface area contributed by atoms with Gasteiger partial charge in [-0.15, -0.1) is 11.3 Å². The predicted molar refractivity (Wildman–Crippen MR) is 119 cm³/mol. The molecule has 0 aliphatic carbocycles. The second kappa shape index (κ2) is 11.4. The molecule has 2 rings (SSSR count). The molecule has 0 aliphatic rings. The molecule has 0 bridgehead atoms. The predicted octanol–water partition coefficient (Wildman–Crippen LogP) is 4.54. The van der Waals surface area contributed by atoms with Crippen molar-refractivity contribution < 1.29 is 19.2 Å². The van der Waals surface area contributed by atoms with Crippen molar-refractivity contribution in [3.05, 3.63) is 51.7 Å². The maximum atomic E-state index is 12.4. The molecule has 30 heavy (non-hydrogen) atoms. The van der Waals surface area contributed by atoms with Gasteiger partial charge in [0.05, 0.1) is 16.1 Å². The van der Waals surface area contributed by atoms with Crippen LogP contribution in [-0.4, -0.2) is 29.4 Å². The number of thiophene rings is 1. The molecule has 1 aromatic carbocycles. The maximum absolute atomic E-state index is 12.4.